The second-order valence-corrected chi connectivity index (χ2v) is 8.08. The molecule has 152 valence electrons. The highest BCUT2D eigenvalue weighted by Gasteiger charge is 2.07. The van der Waals surface area contributed by atoms with Crippen LogP contribution in [0, 0.1) is 13.8 Å². The van der Waals surface area contributed by atoms with E-state index in [0.29, 0.717) is 31.2 Å². The number of guanidine groups is 1. The lowest BCUT2D eigenvalue weighted by Crippen LogP contribution is -2.36. The van der Waals surface area contributed by atoms with Crippen LogP contribution in [0.15, 0.2) is 29.3 Å². The van der Waals surface area contributed by atoms with E-state index >= 15 is 0 Å². The molecule has 0 fully saturated rings. The molecule has 2 rings (SSSR count). The minimum atomic E-state index is -0.0549. The highest BCUT2D eigenvalue weighted by molar-refractivity contribution is 7.11. The van der Waals surface area contributed by atoms with Gasteiger partial charge in [-0.1, -0.05) is 12.1 Å². The standard InChI is InChI=1S/C20H30N6OS/c1-14-15(2)28-18(25-14)13-24-20(21-3)23-12-16-7-6-8-17(11-16)19(27)22-9-10-26(4)5/h6-8,11H,9-10,12-13H2,1-5H3,(H,22,27)(H2,21,23,24). The van der Waals surface area contributed by atoms with Gasteiger partial charge in [0.15, 0.2) is 5.96 Å². The van der Waals surface area contributed by atoms with Crippen LogP contribution in [0.1, 0.15) is 31.5 Å². The summed E-state index contributed by atoms with van der Waals surface area (Å²) in [5.74, 6) is 0.645. The minimum absolute atomic E-state index is 0.0549. The van der Waals surface area contributed by atoms with E-state index in [1.165, 1.54) is 4.88 Å². The number of benzene rings is 1. The van der Waals surface area contributed by atoms with Crippen molar-refractivity contribution in [1.29, 1.82) is 0 Å². The molecule has 8 heteroatoms. The number of aromatic nitrogens is 1. The summed E-state index contributed by atoms with van der Waals surface area (Å²) in [5, 5.41) is 10.5. The number of nitrogens with zero attached hydrogens (tertiary/aromatic N) is 3. The fourth-order valence-electron chi connectivity index (χ4n) is 2.50. The van der Waals surface area contributed by atoms with Crippen molar-refractivity contribution in [1.82, 2.24) is 25.8 Å². The van der Waals surface area contributed by atoms with Gasteiger partial charge in [0.05, 0.1) is 12.2 Å². The zero-order chi connectivity index (χ0) is 20.5. The molecule has 1 aromatic carbocycles. The van der Waals surface area contributed by atoms with Gasteiger partial charge in [0.1, 0.15) is 5.01 Å². The predicted molar refractivity (Wildman–Crippen MR) is 116 cm³/mol. The lowest BCUT2D eigenvalue weighted by Gasteiger charge is -2.12. The molecule has 1 heterocycles. The van der Waals surface area contributed by atoms with Gasteiger partial charge in [0, 0.05) is 37.1 Å². The number of nitrogens with one attached hydrogen (secondary N) is 3. The third-order valence-corrected chi connectivity index (χ3v) is 5.27. The van der Waals surface area contributed by atoms with Crippen LogP contribution in [0.3, 0.4) is 0 Å². The second kappa shape index (κ2) is 10.8. The maximum atomic E-state index is 12.3. The zero-order valence-corrected chi connectivity index (χ0v) is 18.1. The van der Waals surface area contributed by atoms with E-state index in [0.717, 1.165) is 22.8 Å². The molecule has 0 spiro atoms. The SMILES string of the molecule is CN=C(NCc1cccc(C(=O)NCCN(C)C)c1)NCc1nc(C)c(C)s1. The number of hydrogen-bond acceptors (Lipinski definition) is 5. The number of amides is 1. The largest absolute Gasteiger partial charge is 0.352 e. The van der Waals surface area contributed by atoms with Gasteiger partial charge in [0.25, 0.3) is 5.91 Å². The molecule has 0 saturated carbocycles. The van der Waals surface area contributed by atoms with Gasteiger partial charge in [-0.15, -0.1) is 11.3 Å². The molecule has 7 nitrogen and oxygen atoms in total. The molecule has 0 aliphatic carbocycles. The molecular formula is C20H30N6OS. The van der Waals surface area contributed by atoms with Crippen molar-refractivity contribution in [2.24, 2.45) is 4.99 Å². The lowest BCUT2D eigenvalue weighted by molar-refractivity contribution is 0.0951. The third-order valence-electron chi connectivity index (χ3n) is 4.20. The van der Waals surface area contributed by atoms with Crippen LogP contribution in [-0.2, 0) is 13.1 Å². The van der Waals surface area contributed by atoms with Crippen molar-refractivity contribution in [2.75, 3.05) is 34.2 Å². The molecule has 2 aromatic rings. The smallest absolute Gasteiger partial charge is 0.251 e. The Morgan fingerprint density at radius 3 is 2.57 bits per heavy atom. The van der Waals surface area contributed by atoms with Gasteiger partial charge in [-0.3, -0.25) is 9.79 Å². The first-order valence-electron chi connectivity index (χ1n) is 9.28. The van der Waals surface area contributed by atoms with Crippen LogP contribution < -0.4 is 16.0 Å². The molecule has 1 amide bonds. The summed E-state index contributed by atoms with van der Waals surface area (Å²) in [4.78, 5) is 24.3. The molecule has 3 N–H and O–H groups in total. The highest BCUT2D eigenvalue weighted by Crippen LogP contribution is 2.15. The maximum Gasteiger partial charge on any atom is 0.251 e. The molecule has 0 aliphatic heterocycles. The van der Waals surface area contributed by atoms with Gasteiger partial charge >= 0.3 is 0 Å². The Hall–Kier alpha value is -2.45. The Morgan fingerprint density at radius 1 is 1.18 bits per heavy atom. The summed E-state index contributed by atoms with van der Waals surface area (Å²) in [7, 11) is 5.70. The number of carbonyl (C=O) groups is 1. The quantitative estimate of drug-likeness (QED) is 0.464. The van der Waals surface area contributed by atoms with E-state index in [4.69, 9.17) is 0 Å². The third kappa shape index (κ3) is 6.94. The minimum Gasteiger partial charge on any atom is -0.352 e. The Kier molecular flexibility index (Phi) is 8.41. The molecule has 0 unspecified atom stereocenters. The zero-order valence-electron chi connectivity index (χ0n) is 17.3. The Balaban J connectivity index is 1.85. The lowest BCUT2D eigenvalue weighted by atomic mass is 10.1. The molecule has 0 aliphatic rings. The van der Waals surface area contributed by atoms with Crippen LogP contribution in [0.25, 0.3) is 0 Å². The topological polar surface area (TPSA) is 81.7 Å². The van der Waals surface area contributed by atoms with E-state index in [9.17, 15) is 4.79 Å². The van der Waals surface area contributed by atoms with Gasteiger partial charge in [0.2, 0.25) is 0 Å². The van der Waals surface area contributed by atoms with Crippen LogP contribution in [0.5, 0.6) is 0 Å². The van der Waals surface area contributed by atoms with Gasteiger partial charge in [-0.05, 0) is 45.6 Å². The van der Waals surface area contributed by atoms with Crippen molar-refractivity contribution in [2.45, 2.75) is 26.9 Å². The molecule has 0 atom stereocenters. The first-order chi connectivity index (χ1) is 13.4. The van der Waals surface area contributed by atoms with E-state index in [-0.39, 0.29) is 5.91 Å². The van der Waals surface area contributed by atoms with Crippen LogP contribution in [0.2, 0.25) is 0 Å². The summed E-state index contributed by atoms with van der Waals surface area (Å²) in [6, 6.07) is 7.62. The molecule has 0 radical (unpaired) electrons. The van der Waals surface area contributed by atoms with Gasteiger partial charge < -0.3 is 20.9 Å². The molecule has 1 aromatic heterocycles. The summed E-state index contributed by atoms with van der Waals surface area (Å²) < 4.78 is 0. The number of carbonyl (C=O) groups excluding carboxylic acids is 1. The Labute approximate surface area is 171 Å². The van der Waals surface area contributed by atoms with Crippen LogP contribution in [-0.4, -0.2) is 56.0 Å². The highest BCUT2D eigenvalue weighted by atomic mass is 32.1. The average Bonchev–Trinajstić information content (AvgIpc) is 2.99. The molecule has 28 heavy (non-hydrogen) atoms. The number of rotatable bonds is 8. The number of aliphatic imine (C=N–C) groups is 1. The van der Waals surface area contributed by atoms with E-state index in [1.54, 1.807) is 18.4 Å². The fourth-order valence-corrected chi connectivity index (χ4v) is 3.37. The van der Waals surface area contributed by atoms with Crippen molar-refractivity contribution >= 4 is 23.2 Å². The first-order valence-corrected chi connectivity index (χ1v) is 10.1. The monoisotopic (exact) mass is 402 g/mol. The second-order valence-electron chi connectivity index (χ2n) is 6.79. The number of thiazole rings is 1. The Bertz CT molecular complexity index is 795. The Morgan fingerprint density at radius 2 is 1.93 bits per heavy atom. The van der Waals surface area contributed by atoms with E-state index in [2.05, 4.69) is 32.9 Å². The van der Waals surface area contributed by atoms with Gasteiger partial charge in [-0.2, -0.15) is 0 Å². The normalized spacial score (nSPS) is 11.6. The van der Waals surface area contributed by atoms with Crippen molar-refractivity contribution in [3.63, 3.8) is 0 Å². The molecular weight excluding hydrogens is 372 g/mol. The maximum absolute atomic E-state index is 12.3. The summed E-state index contributed by atoms with van der Waals surface area (Å²) in [6.07, 6.45) is 0. The van der Waals surface area contributed by atoms with Crippen LogP contribution >= 0.6 is 11.3 Å². The van der Waals surface area contributed by atoms with Crippen molar-refractivity contribution < 1.29 is 4.79 Å². The molecule has 0 bridgehead atoms. The van der Waals surface area contributed by atoms with Crippen molar-refractivity contribution in [3.8, 4) is 0 Å². The number of aryl methyl sites for hydroxylation is 2. The summed E-state index contributed by atoms with van der Waals surface area (Å²) in [5.41, 5.74) is 2.75. The van der Waals surface area contributed by atoms with Crippen LogP contribution in [0.4, 0.5) is 0 Å². The molecule has 0 saturated heterocycles. The first kappa shape index (κ1) is 21.8. The fraction of sp³-hybridized carbons (Fsp3) is 0.450. The number of hydrogen-bond donors (Lipinski definition) is 3. The van der Waals surface area contributed by atoms with Crippen molar-refractivity contribution in [3.05, 3.63) is 51.0 Å². The number of likely N-dealkylation sites (N-methyl/N-ethyl adjacent to an activating group) is 1. The summed E-state index contributed by atoms with van der Waals surface area (Å²) >= 11 is 1.69. The van der Waals surface area contributed by atoms with E-state index in [1.807, 2.05) is 50.2 Å². The van der Waals surface area contributed by atoms with Gasteiger partial charge in [-0.25, -0.2) is 4.98 Å². The van der Waals surface area contributed by atoms with E-state index < -0.39 is 0 Å². The predicted octanol–water partition coefficient (Wildman–Crippen LogP) is 1.92. The summed E-state index contributed by atoms with van der Waals surface area (Å²) in [6.45, 7) is 6.74. The average molecular weight is 403 g/mol.